The van der Waals surface area contributed by atoms with E-state index in [0.717, 1.165) is 16.0 Å². The number of carbonyl (C=O) groups is 1. The molecule has 0 bridgehead atoms. The monoisotopic (exact) mass is 431 g/mol. The number of rotatable bonds is 6. The van der Waals surface area contributed by atoms with Gasteiger partial charge in [0, 0.05) is 23.9 Å². The van der Waals surface area contributed by atoms with E-state index in [1.807, 2.05) is 6.07 Å². The van der Waals surface area contributed by atoms with Crippen LogP contribution >= 0.6 is 0 Å². The van der Waals surface area contributed by atoms with Crippen molar-refractivity contribution in [1.82, 2.24) is 9.88 Å². The molecule has 31 heavy (non-hydrogen) atoms. The molecule has 0 aliphatic carbocycles. The van der Waals surface area contributed by atoms with Crippen molar-refractivity contribution in [2.24, 2.45) is 0 Å². The minimum absolute atomic E-state index is 0.0552. The Morgan fingerprint density at radius 2 is 1.90 bits per heavy atom. The number of ether oxygens (including phenoxy) is 1. The van der Waals surface area contributed by atoms with Crippen molar-refractivity contribution in [3.63, 3.8) is 0 Å². The van der Waals surface area contributed by atoms with Crippen LogP contribution in [0.4, 0.5) is 13.2 Å². The van der Waals surface area contributed by atoms with Gasteiger partial charge in [-0.3, -0.25) is 9.78 Å². The zero-order valence-corrected chi connectivity index (χ0v) is 17.1. The third kappa shape index (κ3) is 4.55. The minimum atomic E-state index is -3.25. The van der Waals surface area contributed by atoms with Gasteiger partial charge < -0.3 is 15.4 Å². The number of amides is 1. The van der Waals surface area contributed by atoms with Gasteiger partial charge in [-0.1, -0.05) is 36.4 Å². The molecule has 2 heterocycles. The Morgan fingerprint density at radius 3 is 2.42 bits per heavy atom. The summed E-state index contributed by atoms with van der Waals surface area (Å²) in [6.45, 7) is 1.91. The summed E-state index contributed by atoms with van der Waals surface area (Å²) in [6.07, 6.45) is -2.47. The third-order valence-electron chi connectivity index (χ3n) is 5.27. The van der Waals surface area contributed by atoms with Crippen LogP contribution in [0.15, 0.2) is 42.6 Å². The van der Waals surface area contributed by atoms with Crippen LogP contribution in [0, 0.1) is 11.3 Å². The maximum atomic E-state index is 13.8. The number of halogens is 3. The second kappa shape index (κ2) is 9.04. The average molecular weight is 431 g/mol. The van der Waals surface area contributed by atoms with Crippen LogP contribution in [-0.4, -0.2) is 40.7 Å². The maximum absolute atomic E-state index is 13.8. The van der Waals surface area contributed by atoms with Crippen LogP contribution in [0.25, 0.3) is 16.9 Å². The highest BCUT2D eigenvalue weighted by molar-refractivity contribution is 5.80. The Balaban J connectivity index is 1.82. The molecule has 1 aliphatic rings. The van der Waals surface area contributed by atoms with E-state index in [-0.39, 0.29) is 6.42 Å². The van der Waals surface area contributed by atoms with E-state index < -0.39 is 42.9 Å². The lowest BCUT2D eigenvalue weighted by molar-refractivity contribution is -0.159. The largest absolute Gasteiger partial charge is 0.669 e. The number of alkyl halides is 3. The van der Waals surface area contributed by atoms with Crippen LogP contribution in [0.3, 0.4) is 0 Å². The van der Waals surface area contributed by atoms with Crippen LogP contribution in [0.1, 0.15) is 43.7 Å². The Labute approximate surface area is 178 Å². The van der Waals surface area contributed by atoms with E-state index in [1.165, 1.54) is 13.8 Å². The predicted molar refractivity (Wildman–Crippen MR) is 107 cm³/mol. The first kappa shape index (κ1) is 22.7. The van der Waals surface area contributed by atoms with Crippen molar-refractivity contribution in [3.05, 3.63) is 59.6 Å². The standard InChI is InChI=1S/C22H22F3N4O2/c1-22(2)29(21(30)20(24)25)18(11-23)19(31-22)14-5-3-13(4-6-14)15-7-8-17(28-12-15)16(27)9-10-26/h3-8,12,16,18-20,27H,9,11H2,1-2H3/q-1/t16?,18-,19-/m1/s1. The SMILES string of the molecule is CC1(C)O[C@H](c2ccc(-c3ccc(C([NH-])CC#N)nc3)cc2)[C@@H](CF)N1C(=O)C(F)F. The topological polar surface area (TPSA) is 90.0 Å². The molecule has 0 spiro atoms. The lowest BCUT2D eigenvalue weighted by Crippen LogP contribution is -2.51. The number of hydrogen-bond acceptors (Lipinski definition) is 4. The Hall–Kier alpha value is -2.96. The lowest BCUT2D eigenvalue weighted by Gasteiger charge is -2.32. The molecule has 3 atom stereocenters. The molecule has 0 radical (unpaired) electrons. The van der Waals surface area contributed by atoms with Gasteiger partial charge in [0.05, 0.1) is 12.1 Å². The van der Waals surface area contributed by atoms with Gasteiger partial charge in [-0.15, -0.1) is 0 Å². The number of nitriles is 1. The van der Waals surface area contributed by atoms with E-state index in [2.05, 4.69) is 4.98 Å². The average Bonchev–Trinajstić information content (AvgIpc) is 3.03. The van der Waals surface area contributed by atoms with Gasteiger partial charge >= 0.3 is 6.43 Å². The van der Waals surface area contributed by atoms with Crippen molar-refractivity contribution in [1.29, 1.82) is 5.26 Å². The number of hydrogen-bond donors (Lipinski definition) is 0. The molecule has 1 N–H and O–H groups in total. The first-order valence-electron chi connectivity index (χ1n) is 9.69. The molecule has 6 nitrogen and oxygen atoms in total. The van der Waals surface area contributed by atoms with Gasteiger partial charge in [-0.05, 0) is 31.0 Å². The summed E-state index contributed by atoms with van der Waals surface area (Å²) in [5.74, 6) is -1.46. The molecule has 1 saturated heterocycles. The van der Waals surface area contributed by atoms with Gasteiger partial charge in [0.1, 0.15) is 18.5 Å². The van der Waals surface area contributed by atoms with E-state index in [0.29, 0.717) is 11.3 Å². The molecule has 3 rings (SSSR count). The summed E-state index contributed by atoms with van der Waals surface area (Å²) in [7, 11) is 0. The highest BCUT2D eigenvalue weighted by Crippen LogP contribution is 2.42. The summed E-state index contributed by atoms with van der Waals surface area (Å²) < 4.78 is 45.6. The minimum Gasteiger partial charge on any atom is -0.669 e. The molecule has 0 saturated carbocycles. The normalized spacial score (nSPS) is 21.2. The molecular formula is C22H22F3N4O2-. The number of nitrogens with one attached hydrogen (secondary N) is 1. The molecule has 1 aliphatic heterocycles. The molecule has 1 amide bonds. The summed E-state index contributed by atoms with van der Waals surface area (Å²) in [5, 5.41) is 8.70. The lowest BCUT2D eigenvalue weighted by atomic mass is 9.99. The summed E-state index contributed by atoms with van der Waals surface area (Å²) in [5.41, 5.74) is 9.13. The van der Waals surface area contributed by atoms with Crippen LogP contribution in [0.2, 0.25) is 0 Å². The quantitative estimate of drug-likeness (QED) is 0.644. The molecular weight excluding hydrogens is 409 g/mol. The van der Waals surface area contributed by atoms with Crippen molar-refractivity contribution < 1.29 is 22.7 Å². The molecule has 2 aromatic rings. The van der Waals surface area contributed by atoms with Crippen molar-refractivity contribution in [2.45, 2.75) is 50.6 Å². The fourth-order valence-corrected chi connectivity index (χ4v) is 3.80. The second-order valence-corrected chi connectivity index (χ2v) is 7.72. The Bertz CT molecular complexity index is 958. The molecule has 1 unspecified atom stereocenters. The first-order valence-corrected chi connectivity index (χ1v) is 9.69. The molecule has 164 valence electrons. The van der Waals surface area contributed by atoms with E-state index in [9.17, 15) is 18.0 Å². The van der Waals surface area contributed by atoms with Crippen LogP contribution < -0.4 is 0 Å². The van der Waals surface area contributed by atoms with Crippen molar-refractivity contribution in [2.75, 3.05) is 6.67 Å². The van der Waals surface area contributed by atoms with Crippen molar-refractivity contribution >= 4 is 5.91 Å². The van der Waals surface area contributed by atoms with Gasteiger partial charge in [0.25, 0.3) is 5.91 Å². The first-order chi connectivity index (χ1) is 14.7. The van der Waals surface area contributed by atoms with E-state index in [4.69, 9.17) is 15.7 Å². The van der Waals surface area contributed by atoms with Gasteiger partial charge in [-0.2, -0.15) is 14.0 Å². The molecule has 9 heteroatoms. The van der Waals surface area contributed by atoms with E-state index >= 15 is 0 Å². The van der Waals surface area contributed by atoms with Gasteiger partial charge in [0.15, 0.2) is 0 Å². The third-order valence-corrected chi connectivity index (χ3v) is 5.27. The van der Waals surface area contributed by atoms with E-state index in [1.54, 1.807) is 42.6 Å². The smallest absolute Gasteiger partial charge is 0.315 e. The number of carbonyl (C=O) groups excluding carboxylic acids is 1. The van der Waals surface area contributed by atoms with Crippen molar-refractivity contribution in [3.8, 4) is 17.2 Å². The highest BCUT2D eigenvalue weighted by Gasteiger charge is 2.52. The van der Waals surface area contributed by atoms with Crippen LogP contribution in [-0.2, 0) is 9.53 Å². The fourth-order valence-electron chi connectivity index (χ4n) is 3.80. The van der Waals surface area contributed by atoms with Crippen LogP contribution in [0.5, 0.6) is 0 Å². The number of aromatic nitrogens is 1. The highest BCUT2D eigenvalue weighted by atomic mass is 19.3. The molecule has 1 aromatic carbocycles. The molecule has 1 fully saturated rings. The summed E-state index contributed by atoms with van der Waals surface area (Å²) >= 11 is 0. The summed E-state index contributed by atoms with van der Waals surface area (Å²) in [6, 6.07) is 10.5. The number of nitrogens with zero attached hydrogens (tertiary/aromatic N) is 3. The zero-order chi connectivity index (χ0) is 22.8. The Morgan fingerprint density at radius 1 is 1.26 bits per heavy atom. The van der Waals surface area contributed by atoms with Gasteiger partial charge in [-0.25, -0.2) is 4.39 Å². The Kier molecular flexibility index (Phi) is 6.62. The molecule has 1 aromatic heterocycles. The number of benzene rings is 1. The summed E-state index contributed by atoms with van der Waals surface area (Å²) in [4.78, 5) is 17.0. The second-order valence-electron chi connectivity index (χ2n) is 7.72. The number of pyridine rings is 1. The fraction of sp³-hybridized carbons (Fsp3) is 0.409. The van der Waals surface area contributed by atoms with Gasteiger partial charge in [0.2, 0.25) is 0 Å². The zero-order valence-electron chi connectivity index (χ0n) is 17.1. The maximum Gasteiger partial charge on any atom is 0.315 e. The predicted octanol–water partition coefficient (Wildman–Crippen LogP) is 4.99.